The van der Waals surface area contributed by atoms with Gasteiger partial charge >= 0.3 is 0 Å². The number of nitrogens with zero attached hydrogens (tertiary/aromatic N) is 2. The minimum atomic E-state index is -0.769. The first-order chi connectivity index (χ1) is 19.4. The van der Waals surface area contributed by atoms with Crippen LogP contribution in [0.5, 0.6) is 5.75 Å². The number of carbonyl (C=O) groups excluding carboxylic acids is 4. The quantitative estimate of drug-likeness (QED) is 0.234. The van der Waals surface area contributed by atoms with E-state index in [2.05, 4.69) is 12.2 Å². The molecule has 2 aliphatic rings. The predicted octanol–water partition coefficient (Wildman–Crippen LogP) is 3.89. The fourth-order valence-electron chi connectivity index (χ4n) is 5.47. The van der Waals surface area contributed by atoms with Gasteiger partial charge in [-0.2, -0.15) is 0 Å². The number of methoxy groups -OCH3 is 1. The molecule has 0 radical (unpaired) electrons. The Morgan fingerprint density at radius 1 is 1.00 bits per heavy atom. The average molecular weight is 546 g/mol. The number of ether oxygens (including phenoxy) is 1. The summed E-state index contributed by atoms with van der Waals surface area (Å²) in [5.74, 6) is -0.941. The summed E-state index contributed by atoms with van der Waals surface area (Å²) in [5, 5.41) is 3.01. The van der Waals surface area contributed by atoms with Crippen LogP contribution in [0.3, 0.4) is 0 Å². The van der Waals surface area contributed by atoms with E-state index in [4.69, 9.17) is 4.74 Å². The van der Waals surface area contributed by atoms with Gasteiger partial charge in [-0.25, -0.2) is 0 Å². The van der Waals surface area contributed by atoms with Crippen molar-refractivity contribution in [1.29, 1.82) is 0 Å². The Hall–Kier alpha value is -3.94. The number of imide groups is 1. The topological polar surface area (TPSA) is 96.0 Å². The zero-order valence-corrected chi connectivity index (χ0v) is 23.4. The minimum absolute atomic E-state index is 0.00756. The van der Waals surface area contributed by atoms with Gasteiger partial charge in [-0.3, -0.25) is 24.1 Å². The Kier molecular flexibility index (Phi) is 10.1. The SMILES string of the molecule is CCCCNC(=O)[C@@H](Cc1ccccc1)N(Cc1cccc(OC)c1)C(=O)CCN1C(=O)[C@H]2CC=CC[C@H]2C1=O. The monoisotopic (exact) mass is 545 g/mol. The maximum absolute atomic E-state index is 13.9. The van der Waals surface area contributed by atoms with Crippen LogP contribution in [0.4, 0.5) is 0 Å². The van der Waals surface area contributed by atoms with Crippen LogP contribution in [0.1, 0.15) is 50.2 Å². The number of likely N-dealkylation sites (tertiary alicyclic amines) is 1. The number of allylic oxidation sites excluding steroid dienone is 2. The van der Waals surface area contributed by atoms with Crippen LogP contribution in [-0.2, 0) is 32.1 Å². The largest absolute Gasteiger partial charge is 0.497 e. The van der Waals surface area contributed by atoms with Gasteiger partial charge in [0.25, 0.3) is 0 Å². The summed E-state index contributed by atoms with van der Waals surface area (Å²) < 4.78 is 5.38. The fourth-order valence-corrected chi connectivity index (χ4v) is 5.47. The van der Waals surface area contributed by atoms with Crippen LogP contribution < -0.4 is 10.1 Å². The van der Waals surface area contributed by atoms with Gasteiger partial charge in [0, 0.05) is 32.5 Å². The summed E-state index contributed by atoms with van der Waals surface area (Å²) in [6, 6.07) is 16.3. The summed E-state index contributed by atoms with van der Waals surface area (Å²) in [4.78, 5) is 56.3. The van der Waals surface area contributed by atoms with Crippen molar-refractivity contribution in [3.63, 3.8) is 0 Å². The molecule has 1 fully saturated rings. The number of hydrogen-bond donors (Lipinski definition) is 1. The molecule has 0 unspecified atom stereocenters. The maximum Gasteiger partial charge on any atom is 0.243 e. The molecule has 1 N–H and O–H groups in total. The molecule has 1 saturated heterocycles. The van der Waals surface area contributed by atoms with Crippen molar-refractivity contribution < 1.29 is 23.9 Å². The highest BCUT2D eigenvalue weighted by atomic mass is 16.5. The Morgan fingerprint density at radius 3 is 2.33 bits per heavy atom. The van der Waals surface area contributed by atoms with Crippen LogP contribution in [0.15, 0.2) is 66.7 Å². The second kappa shape index (κ2) is 13.9. The van der Waals surface area contributed by atoms with Gasteiger partial charge in [0.05, 0.1) is 18.9 Å². The van der Waals surface area contributed by atoms with Gasteiger partial charge in [-0.05, 0) is 42.5 Å². The smallest absolute Gasteiger partial charge is 0.243 e. The van der Waals surface area contributed by atoms with E-state index in [1.165, 1.54) is 4.90 Å². The second-order valence-corrected chi connectivity index (χ2v) is 10.5. The van der Waals surface area contributed by atoms with Gasteiger partial charge in [0.1, 0.15) is 11.8 Å². The van der Waals surface area contributed by atoms with E-state index in [9.17, 15) is 19.2 Å². The Balaban J connectivity index is 1.58. The highest BCUT2D eigenvalue weighted by molar-refractivity contribution is 6.05. The maximum atomic E-state index is 13.9. The molecule has 212 valence electrons. The number of carbonyl (C=O) groups is 4. The van der Waals surface area contributed by atoms with Crippen molar-refractivity contribution in [3.8, 4) is 5.75 Å². The van der Waals surface area contributed by atoms with E-state index in [0.717, 1.165) is 24.0 Å². The third kappa shape index (κ3) is 6.97. The number of amides is 4. The van der Waals surface area contributed by atoms with E-state index in [0.29, 0.717) is 31.6 Å². The molecule has 4 rings (SSSR count). The van der Waals surface area contributed by atoms with Crippen molar-refractivity contribution >= 4 is 23.6 Å². The van der Waals surface area contributed by atoms with Crippen LogP contribution in [0.2, 0.25) is 0 Å². The Bertz CT molecular complexity index is 1200. The van der Waals surface area contributed by atoms with Gasteiger partial charge in [-0.1, -0.05) is 68.0 Å². The average Bonchev–Trinajstić information content (AvgIpc) is 3.23. The molecule has 8 nitrogen and oxygen atoms in total. The van der Waals surface area contributed by atoms with E-state index in [1.54, 1.807) is 12.0 Å². The summed E-state index contributed by atoms with van der Waals surface area (Å²) in [5.41, 5.74) is 1.75. The van der Waals surface area contributed by atoms with Crippen molar-refractivity contribution in [3.05, 3.63) is 77.9 Å². The highest BCUT2D eigenvalue weighted by Crippen LogP contribution is 2.35. The van der Waals surface area contributed by atoms with Gasteiger partial charge in [0.2, 0.25) is 23.6 Å². The van der Waals surface area contributed by atoms with Gasteiger partial charge in [-0.15, -0.1) is 0 Å². The fraction of sp³-hybridized carbons (Fsp3) is 0.438. The number of nitrogens with one attached hydrogen (secondary N) is 1. The third-order valence-electron chi connectivity index (χ3n) is 7.74. The van der Waals surface area contributed by atoms with E-state index >= 15 is 0 Å². The lowest BCUT2D eigenvalue weighted by Crippen LogP contribution is -2.51. The molecule has 3 atom stereocenters. The first-order valence-corrected chi connectivity index (χ1v) is 14.2. The zero-order chi connectivity index (χ0) is 28.5. The normalized spacial score (nSPS) is 18.8. The van der Waals surface area contributed by atoms with Gasteiger partial charge in [0.15, 0.2) is 0 Å². The molecular formula is C32H39N3O5. The molecule has 4 amide bonds. The summed E-state index contributed by atoms with van der Waals surface area (Å²) in [7, 11) is 1.58. The van der Waals surface area contributed by atoms with Gasteiger partial charge < -0.3 is 15.0 Å². The van der Waals surface area contributed by atoms with E-state index in [-0.39, 0.29) is 55.0 Å². The molecule has 0 spiro atoms. The predicted molar refractivity (Wildman–Crippen MR) is 152 cm³/mol. The molecule has 1 aliphatic carbocycles. The number of benzene rings is 2. The molecule has 2 aromatic carbocycles. The lowest BCUT2D eigenvalue weighted by molar-refractivity contribution is -0.144. The molecule has 0 saturated carbocycles. The van der Waals surface area contributed by atoms with Crippen molar-refractivity contribution in [1.82, 2.24) is 15.1 Å². The molecule has 1 aliphatic heterocycles. The molecule has 0 bridgehead atoms. The second-order valence-electron chi connectivity index (χ2n) is 10.5. The standard InChI is InChI=1S/C32H39N3O5/c1-3-4-18-33-30(37)28(21-23-11-6-5-7-12-23)35(22-24-13-10-14-25(20-24)40-2)29(36)17-19-34-31(38)26-15-8-9-16-27(26)32(34)39/h5-14,20,26-28H,3-4,15-19,21-22H2,1-2H3,(H,33,37)/t26-,27+,28-/m1/s1. The van der Waals surface area contributed by atoms with Crippen molar-refractivity contribution in [2.75, 3.05) is 20.2 Å². The molecule has 40 heavy (non-hydrogen) atoms. The molecule has 0 aromatic heterocycles. The van der Waals surface area contributed by atoms with E-state index in [1.807, 2.05) is 66.7 Å². The lowest BCUT2D eigenvalue weighted by atomic mass is 9.85. The summed E-state index contributed by atoms with van der Waals surface area (Å²) in [6.07, 6.45) is 7.06. The molecular weight excluding hydrogens is 506 g/mol. The van der Waals surface area contributed by atoms with E-state index < -0.39 is 6.04 Å². The van der Waals surface area contributed by atoms with Crippen LogP contribution in [0.25, 0.3) is 0 Å². The molecule has 8 heteroatoms. The van der Waals surface area contributed by atoms with Crippen LogP contribution >= 0.6 is 0 Å². The van der Waals surface area contributed by atoms with Crippen LogP contribution in [-0.4, -0.2) is 59.7 Å². The zero-order valence-electron chi connectivity index (χ0n) is 23.4. The first-order valence-electron chi connectivity index (χ1n) is 14.2. The minimum Gasteiger partial charge on any atom is -0.497 e. The molecule has 1 heterocycles. The van der Waals surface area contributed by atoms with Crippen molar-refractivity contribution in [2.24, 2.45) is 11.8 Å². The number of fused-ring (bicyclic) bond motifs is 1. The summed E-state index contributed by atoms with van der Waals surface area (Å²) in [6.45, 7) is 2.77. The number of hydrogen-bond acceptors (Lipinski definition) is 5. The Labute approximate surface area is 236 Å². The number of unbranched alkanes of at least 4 members (excludes halogenated alkanes) is 1. The first kappa shape index (κ1) is 29.1. The van der Waals surface area contributed by atoms with Crippen LogP contribution in [0, 0.1) is 11.8 Å². The lowest BCUT2D eigenvalue weighted by Gasteiger charge is -2.32. The molecule has 2 aromatic rings. The summed E-state index contributed by atoms with van der Waals surface area (Å²) >= 11 is 0. The highest BCUT2D eigenvalue weighted by Gasteiger charge is 2.47. The third-order valence-corrected chi connectivity index (χ3v) is 7.74. The number of rotatable bonds is 13. The Morgan fingerprint density at radius 2 is 1.68 bits per heavy atom. The van der Waals surface area contributed by atoms with Crippen molar-refractivity contribution in [2.45, 2.75) is 58.0 Å².